The van der Waals surface area contributed by atoms with Crippen LogP contribution < -0.4 is 10.3 Å². The molecule has 2 aromatic rings. The predicted molar refractivity (Wildman–Crippen MR) is 107 cm³/mol. The normalized spacial score (nSPS) is 9.54. The zero-order valence-electron chi connectivity index (χ0n) is 17.6. The van der Waals surface area contributed by atoms with Crippen LogP contribution in [0.2, 0.25) is 0 Å². The molecule has 0 saturated carbocycles. The van der Waals surface area contributed by atoms with Crippen LogP contribution in [0.15, 0.2) is 29.1 Å². The van der Waals surface area contributed by atoms with E-state index in [1.807, 2.05) is 58.9 Å². The van der Waals surface area contributed by atoms with Gasteiger partial charge in [0.15, 0.2) is 5.75 Å². The molecule has 0 aliphatic heterocycles. The van der Waals surface area contributed by atoms with E-state index in [4.69, 9.17) is 4.74 Å². The molecule has 0 N–H and O–H groups in total. The van der Waals surface area contributed by atoms with Gasteiger partial charge in [-0.3, -0.25) is 4.79 Å². The number of aryl methyl sites for hydroxylation is 2. The molecule has 0 unspecified atom stereocenters. The first-order valence-electron chi connectivity index (χ1n) is 8.76. The summed E-state index contributed by atoms with van der Waals surface area (Å²) >= 11 is 0. The smallest absolute Gasteiger partial charge is 0.278 e. The molecular formula is C21H33N2O2Y-. The van der Waals surface area contributed by atoms with Crippen molar-refractivity contribution in [3.8, 4) is 16.9 Å². The molecule has 2 rings (SSSR count). The molecule has 5 heteroatoms. The Balaban J connectivity index is 0. The summed E-state index contributed by atoms with van der Waals surface area (Å²) in [5.74, 6) is 0.953. The van der Waals surface area contributed by atoms with E-state index in [0.29, 0.717) is 30.4 Å². The Labute approximate surface area is 184 Å². The van der Waals surface area contributed by atoms with Gasteiger partial charge in [0.2, 0.25) is 0 Å². The van der Waals surface area contributed by atoms with Crippen LogP contribution in [0.25, 0.3) is 11.1 Å². The van der Waals surface area contributed by atoms with Crippen molar-refractivity contribution < 1.29 is 37.4 Å². The van der Waals surface area contributed by atoms with Gasteiger partial charge in [0.05, 0.1) is 12.2 Å². The van der Waals surface area contributed by atoms with Gasteiger partial charge in [0.1, 0.15) is 5.69 Å². The number of nitrogens with zero attached hydrogens (tertiary/aromatic N) is 2. The third-order valence-electron chi connectivity index (χ3n) is 3.52. The number of ether oxygens (including phenoxy) is 1. The molecule has 143 valence electrons. The van der Waals surface area contributed by atoms with Gasteiger partial charge in [-0.1, -0.05) is 52.0 Å². The Hall–Kier alpha value is -0.996. The molecule has 0 bridgehead atoms. The number of aromatic nitrogens is 2. The van der Waals surface area contributed by atoms with E-state index in [0.717, 1.165) is 16.8 Å². The van der Waals surface area contributed by atoms with Crippen LogP contribution in [0, 0.1) is 27.2 Å². The molecular weight excluding hydrogens is 401 g/mol. The predicted octanol–water partition coefficient (Wildman–Crippen LogP) is 5.06. The average Bonchev–Trinajstić information content (AvgIpc) is 2.55. The fourth-order valence-electron chi connectivity index (χ4n) is 2.56. The Morgan fingerprint density at radius 2 is 1.73 bits per heavy atom. The summed E-state index contributed by atoms with van der Waals surface area (Å²) in [4.78, 5) is 12.9. The van der Waals surface area contributed by atoms with Gasteiger partial charge in [0, 0.05) is 39.3 Å². The van der Waals surface area contributed by atoms with E-state index in [1.165, 1.54) is 0 Å². The summed E-state index contributed by atoms with van der Waals surface area (Å²) in [6.45, 7) is 15.1. The molecule has 1 aromatic carbocycles. The standard InChI is InChI=1S/C18H24N2O2.C2H6.CH3.Y/c1-6-22-17-14(5)19-20(11-12(2)3)18(21)16(17)15-10-8-7-9-13(15)4;1-2;;/h7-10,12H,6,11H2,1-5H3;1-2H3;1H3;/q;;-1;. The van der Waals surface area contributed by atoms with E-state index in [9.17, 15) is 4.79 Å². The van der Waals surface area contributed by atoms with Gasteiger partial charge in [0.25, 0.3) is 5.56 Å². The van der Waals surface area contributed by atoms with Crippen LogP contribution in [-0.4, -0.2) is 16.4 Å². The molecule has 0 amide bonds. The van der Waals surface area contributed by atoms with Crippen LogP contribution in [0.3, 0.4) is 0 Å². The first-order valence-corrected chi connectivity index (χ1v) is 8.76. The van der Waals surface area contributed by atoms with Gasteiger partial charge in [-0.05, 0) is 37.8 Å². The zero-order valence-corrected chi connectivity index (χ0v) is 20.4. The van der Waals surface area contributed by atoms with Gasteiger partial charge in [-0.15, -0.1) is 0 Å². The molecule has 0 saturated heterocycles. The quantitative estimate of drug-likeness (QED) is 0.619. The largest absolute Gasteiger partial charge is 0.491 e. The van der Waals surface area contributed by atoms with Gasteiger partial charge in [-0.2, -0.15) is 5.10 Å². The average molecular weight is 434 g/mol. The van der Waals surface area contributed by atoms with Crippen LogP contribution in [0.4, 0.5) is 0 Å². The van der Waals surface area contributed by atoms with Crippen LogP contribution >= 0.6 is 0 Å². The third-order valence-corrected chi connectivity index (χ3v) is 3.52. The molecule has 1 heterocycles. The van der Waals surface area contributed by atoms with E-state index in [2.05, 4.69) is 18.9 Å². The topological polar surface area (TPSA) is 44.1 Å². The minimum absolute atomic E-state index is 0. The van der Waals surface area contributed by atoms with Crippen molar-refractivity contribution in [1.82, 2.24) is 9.78 Å². The van der Waals surface area contributed by atoms with Crippen molar-refractivity contribution in [3.05, 3.63) is 53.3 Å². The minimum atomic E-state index is -0.0861. The molecule has 1 radical (unpaired) electrons. The van der Waals surface area contributed by atoms with E-state index in [-0.39, 0.29) is 45.7 Å². The van der Waals surface area contributed by atoms with Gasteiger partial charge < -0.3 is 12.2 Å². The third kappa shape index (κ3) is 6.62. The van der Waals surface area contributed by atoms with Crippen LogP contribution in [-0.2, 0) is 39.3 Å². The summed E-state index contributed by atoms with van der Waals surface area (Å²) in [6, 6.07) is 7.89. The molecule has 0 fully saturated rings. The molecule has 1 aromatic heterocycles. The van der Waals surface area contributed by atoms with Crippen molar-refractivity contribution in [3.63, 3.8) is 0 Å². The Kier molecular flexibility index (Phi) is 13.8. The van der Waals surface area contributed by atoms with E-state index in [1.54, 1.807) is 4.68 Å². The maximum atomic E-state index is 12.9. The van der Waals surface area contributed by atoms with Crippen molar-refractivity contribution in [2.45, 2.75) is 55.0 Å². The second kappa shape index (κ2) is 13.2. The second-order valence-electron chi connectivity index (χ2n) is 5.92. The number of benzene rings is 1. The van der Waals surface area contributed by atoms with Crippen LogP contribution in [0.5, 0.6) is 5.75 Å². The number of rotatable bonds is 5. The molecule has 0 atom stereocenters. The minimum Gasteiger partial charge on any atom is -0.491 e. The second-order valence-corrected chi connectivity index (χ2v) is 5.92. The summed E-state index contributed by atoms with van der Waals surface area (Å²) < 4.78 is 7.30. The number of hydrogen-bond donors (Lipinski definition) is 0. The summed E-state index contributed by atoms with van der Waals surface area (Å²) in [7, 11) is 0. The van der Waals surface area contributed by atoms with Crippen molar-refractivity contribution in [2.75, 3.05) is 6.61 Å². The molecule has 0 aliphatic carbocycles. The van der Waals surface area contributed by atoms with E-state index < -0.39 is 0 Å². The molecule has 0 aliphatic rings. The fourth-order valence-corrected chi connectivity index (χ4v) is 2.56. The van der Waals surface area contributed by atoms with Gasteiger partial charge in [-0.25, -0.2) is 4.68 Å². The fraction of sp³-hybridized carbons (Fsp3) is 0.476. The molecule has 4 nitrogen and oxygen atoms in total. The summed E-state index contributed by atoms with van der Waals surface area (Å²) in [5.41, 5.74) is 3.26. The Bertz CT molecular complexity index is 724. The first-order chi connectivity index (χ1) is 11.5. The maximum Gasteiger partial charge on any atom is 0.278 e. The maximum absolute atomic E-state index is 12.9. The van der Waals surface area contributed by atoms with Crippen molar-refractivity contribution in [2.24, 2.45) is 5.92 Å². The Morgan fingerprint density at radius 3 is 2.23 bits per heavy atom. The summed E-state index contributed by atoms with van der Waals surface area (Å²) in [6.07, 6.45) is 0. The van der Waals surface area contributed by atoms with Crippen LogP contribution in [0.1, 0.15) is 45.9 Å². The molecule has 26 heavy (non-hydrogen) atoms. The Morgan fingerprint density at radius 1 is 1.15 bits per heavy atom. The van der Waals surface area contributed by atoms with E-state index >= 15 is 0 Å². The first kappa shape index (κ1) is 27.2. The van der Waals surface area contributed by atoms with Crippen molar-refractivity contribution >= 4 is 0 Å². The summed E-state index contributed by atoms with van der Waals surface area (Å²) in [5, 5.41) is 4.43. The SMILES string of the molecule is CC.CCOc1c(C)nn(CC(C)C)c(=O)c1-c1ccccc1C.[CH3-].[Y]. The van der Waals surface area contributed by atoms with Crippen molar-refractivity contribution in [1.29, 1.82) is 0 Å². The molecule has 0 spiro atoms. The zero-order chi connectivity index (χ0) is 18.3. The monoisotopic (exact) mass is 434 g/mol. The van der Waals surface area contributed by atoms with Gasteiger partial charge >= 0.3 is 0 Å². The number of hydrogen-bond acceptors (Lipinski definition) is 3.